The third kappa shape index (κ3) is 3.17. The second-order valence-corrected chi connectivity index (χ2v) is 2.77. The summed E-state index contributed by atoms with van der Waals surface area (Å²) in [5.41, 5.74) is 2.52. The summed E-state index contributed by atoms with van der Waals surface area (Å²) >= 11 is 0. The van der Waals surface area contributed by atoms with Crippen LogP contribution in [0, 0.1) is 11.3 Å². The van der Waals surface area contributed by atoms with Crippen LogP contribution in [0.4, 0.5) is 27.6 Å². The van der Waals surface area contributed by atoms with Crippen LogP contribution in [0.25, 0.3) is 0 Å². The zero-order valence-electron chi connectivity index (χ0n) is 7.92. The number of rotatable bonds is 2. The molecule has 0 saturated carbocycles. The minimum absolute atomic E-state index is 0.521. The van der Waals surface area contributed by atoms with Gasteiger partial charge < -0.3 is 10.5 Å². The van der Waals surface area contributed by atoms with Crippen molar-refractivity contribution >= 4 is 5.69 Å². The number of aromatic nitrogens is 1. The molecule has 0 spiro atoms. The molecule has 0 atom stereocenters. The number of pyridine rings is 1. The zero-order valence-corrected chi connectivity index (χ0v) is 7.92. The highest BCUT2D eigenvalue weighted by Crippen LogP contribution is 2.36. The first kappa shape index (κ1) is 13.0. The highest BCUT2D eigenvalue weighted by Gasteiger charge is 2.35. The van der Waals surface area contributed by atoms with E-state index in [1.807, 2.05) is 0 Å². The van der Waals surface area contributed by atoms with Crippen molar-refractivity contribution in [3.05, 3.63) is 17.5 Å². The summed E-state index contributed by atoms with van der Waals surface area (Å²) in [6, 6.07) is 2.11. The molecule has 0 aliphatic carbocycles. The minimum Gasteiger partial charge on any atom is -0.401 e. The van der Waals surface area contributed by atoms with Gasteiger partial charge in [-0.2, -0.15) is 5.26 Å². The summed E-state index contributed by atoms with van der Waals surface area (Å²) in [6.07, 6.45) is -8.52. The molecule has 0 aromatic carbocycles. The van der Waals surface area contributed by atoms with E-state index in [0.717, 1.165) is 0 Å². The van der Waals surface area contributed by atoms with Gasteiger partial charge in [0.25, 0.3) is 6.43 Å². The number of nitriles is 1. The van der Waals surface area contributed by atoms with Crippen LogP contribution in [0.3, 0.4) is 0 Å². The fourth-order valence-electron chi connectivity index (χ4n) is 1.01. The molecule has 1 aromatic rings. The van der Waals surface area contributed by atoms with E-state index < -0.39 is 35.6 Å². The standard InChI is InChI=1S/C8H4F5N3O/c9-7(10)5-6(17-8(11,12)13)4(15)1-3(2-14)16-5/h1,7H,(H2,15,16). The van der Waals surface area contributed by atoms with Gasteiger partial charge >= 0.3 is 6.36 Å². The lowest BCUT2D eigenvalue weighted by Crippen LogP contribution is -2.20. The molecule has 1 heterocycles. The molecule has 0 amide bonds. The Morgan fingerprint density at radius 1 is 1.41 bits per heavy atom. The van der Waals surface area contributed by atoms with Gasteiger partial charge in [-0.3, -0.25) is 0 Å². The second-order valence-electron chi connectivity index (χ2n) is 2.77. The number of ether oxygens (including phenoxy) is 1. The largest absolute Gasteiger partial charge is 0.573 e. The lowest BCUT2D eigenvalue weighted by molar-refractivity contribution is -0.275. The average molecular weight is 253 g/mol. The maximum absolute atomic E-state index is 12.4. The van der Waals surface area contributed by atoms with Crippen molar-refractivity contribution in [3.63, 3.8) is 0 Å². The summed E-state index contributed by atoms with van der Waals surface area (Å²) in [7, 11) is 0. The Balaban J connectivity index is 3.33. The molecule has 0 radical (unpaired) electrons. The summed E-state index contributed by atoms with van der Waals surface area (Å²) in [5.74, 6) is -1.29. The van der Waals surface area contributed by atoms with Gasteiger partial charge in [0.05, 0.1) is 5.69 Å². The summed E-state index contributed by atoms with van der Waals surface area (Å²) in [4.78, 5) is 3.02. The van der Waals surface area contributed by atoms with E-state index in [4.69, 9.17) is 11.0 Å². The van der Waals surface area contributed by atoms with Crippen molar-refractivity contribution < 1.29 is 26.7 Å². The van der Waals surface area contributed by atoms with Crippen molar-refractivity contribution in [2.75, 3.05) is 5.73 Å². The third-order valence-corrected chi connectivity index (χ3v) is 1.57. The highest BCUT2D eigenvalue weighted by atomic mass is 19.4. The van der Waals surface area contributed by atoms with E-state index in [2.05, 4.69) is 9.72 Å². The Bertz CT molecular complexity index is 465. The molecule has 17 heavy (non-hydrogen) atoms. The number of hydrogen-bond donors (Lipinski definition) is 1. The van der Waals surface area contributed by atoms with Gasteiger partial charge in [0.1, 0.15) is 11.8 Å². The molecule has 0 bridgehead atoms. The number of halogens is 5. The molecule has 0 aliphatic rings. The Hall–Kier alpha value is -2.11. The van der Waals surface area contributed by atoms with Crippen molar-refractivity contribution in [3.8, 4) is 11.8 Å². The SMILES string of the molecule is N#Cc1cc(N)c(OC(F)(F)F)c(C(F)F)n1. The highest BCUT2D eigenvalue weighted by molar-refractivity contribution is 5.57. The fraction of sp³-hybridized carbons (Fsp3) is 0.250. The van der Waals surface area contributed by atoms with Crippen LogP contribution in [-0.4, -0.2) is 11.3 Å². The molecule has 4 nitrogen and oxygen atoms in total. The molecule has 1 rings (SSSR count). The van der Waals surface area contributed by atoms with E-state index in [1.165, 1.54) is 6.07 Å². The third-order valence-electron chi connectivity index (χ3n) is 1.57. The summed E-state index contributed by atoms with van der Waals surface area (Å²) in [5, 5.41) is 8.42. The van der Waals surface area contributed by atoms with E-state index in [1.54, 1.807) is 0 Å². The Morgan fingerprint density at radius 2 is 2.00 bits per heavy atom. The van der Waals surface area contributed by atoms with Crippen LogP contribution >= 0.6 is 0 Å². The molecule has 1 aromatic heterocycles. The van der Waals surface area contributed by atoms with Gasteiger partial charge in [0.15, 0.2) is 11.4 Å². The molecule has 0 unspecified atom stereocenters. The summed E-state index contributed by atoms with van der Waals surface area (Å²) < 4.78 is 64.0. The summed E-state index contributed by atoms with van der Waals surface area (Å²) in [6.45, 7) is 0. The van der Waals surface area contributed by atoms with Crippen LogP contribution in [0.5, 0.6) is 5.75 Å². The number of alkyl halides is 5. The van der Waals surface area contributed by atoms with Crippen LogP contribution in [0.1, 0.15) is 17.8 Å². The second kappa shape index (κ2) is 4.40. The predicted octanol–water partition coefficient (Wildman–Crippen LogP) is 2.37. The van der Waals surface area contributed by atoms with Crippen molar-refractivity contribution in [2.45, 2.75) is 12.8 Å². The first-order valence-corrected chi connectivity index (χ1v) is 3.99. The normalized spacial score (nSPS) is 11.4. The molecule has 92 valence electrons. The number of nitrogen functional groups attached to an aromatic ring is 1. The smallest absolute Gasteiger partial charge is 0.401 e. The molecular weight excluding hydrogens is 249 g/mol. The maximum Gasteiger partial charge on any atom is 0.573 e. The topological polar surface area (TPSA) is 71.9 Å². The maximum atomic E-state index is 12.4. The average Bonchev–Trinajstić information content (AvgIpc) is 2.18. The molecule has 0 saturated heterocycles. The van der Waals surface area contributed by atoms with Gasteiger partial charge in [-0.15, -0.1) is 13.2 Å². The monoisotopic (exact) mass is 253 g/mol. The Kier molecular flexibility index (Phi) is 3.36. The van der Waals surface area contributed by atoms with Gasteiger partial charge in [-0.1, -0.05) is 0 Å². The Morgan fingerprint density at radius 3 is 2.41 bits per heavy atom. The quantitative estimate of drug-likeness (QED) is 0.821. The minimum atomic E-state index is -5.17. The molecular formula is C8H4F5N3O. The first-order valence-electron chi connectivity index (χ1n) is 3.99. The lowest BCUT2D eigenvalue weighted by atomic mass is 10.2. The number of nitrogens with two attached hydrogens (primary N) is 1. The van der Waals surface area contributed by atoms with E-state index in [0.29, 0.717) is 6.07 Å². The lowest BCUT2D eigenvalue weighted by Gasteiger charge is -2.14. The van der Waals surface area contributed by atoms with Crippen LogP contribution in [-0.2, 0) is 0 Å². The zero-order chi connectivity index (χ0) is 13.2. The predicted molar refractivity (Wildman–Crippen MR) is 45.0 cm³/mol. The van der Waals surface area contributed by atoms with Crippen LogP contribution in [0.2, 0.25) is 0 Å². The van der Waals surface area contributed by atoms with Crippen LogP contribution in [0.15, 0.2) is 6.07 Å². The molecule has 0 aliphatic heterocycles. The fourth-order valence-corrected chi connectivity index (χ4v) is 1.01. The van der Waals surface area contributed by atoms with Gasteiger partial charge in [-0.05, 0) is 0 Å². The van der Waals surface area contributed by atoms with E-state index in [-0.39, 0.29) is 0 Å². The molecule has 9 heteroatoms. The number of anilines is 1. The van der Waals surface area contributed by atoms with Gasteiger partial charge in [0, 0.05) is 6.07 Å². The molecule has 0 fully saturated rings. The van der Waals surface area contributed by atoms with Gasteiger partial charge in [0.2, 0.25) is 0 Å². The number of nitrogens with zero attached hydrogens (tertiary/aromatic N) is 2. The molecule has 2 N–H and O–H groups in total. The Labute approximate surface area is 91.4 Å². The van der Waals surface area contributed by atoms with Crippen molar-refractivity contribution in [1.82, 2.24) is 4.98 Å². The van der Waals surface area contributed by atoms with Crippen molar-refractivity contribution in [1.29, 1.82) is 5.26 Å². The van der Waals surface area contributed by atoms with Gasteiger partial charge in [-0.25, -0.2) is 13.8 Å². The van der Waals surface area contributed by atoms with E-state index in [9.17, 15) is 22.0 Å². The van der Waals surface area contributed by atoms with E-state index >= 15 is 0 Å². The van der Waals surface area contributed by atoms with Crippen LogP contribution < -0.4 is 10.5 Å². The van der Waals surface area contributed by atoms with Crippen molar-refractivity contribution in [2.24, 2.45) is 0 Å². The first-order chi connectivity index (χ1) is 7.74. The number of hydrogen-bond acceptors (Lipinski definition) is 4.